The van der Waals surface area contributed by atoms with Gasteiger partial charge in [0.05, 0.1) is 29.2 Å². The SMILES string of the molecule is CCOc1cccc(CNC(=O)c2c(C)nn(-c3ccc(F)cc3)c2C)c1. The number of carbonyl (C=O) groups excluding carboxylic acids is 1. The second kappa shape index (κ2) is 8.03. The van der Waals surface area contributed by atoms with Crippen LogP contribution in [0.3, 0.4) is 0 Å². The number of rotatable bonds is 6. The van der Waals surface area contributed by atoms with Crippen LogP contribution in [0.4, 0.5) is 4.39 Å². The van der Waals surface area contributed by atoms with E-state index in [-0.39, 0.29) is 11.7 Å². The molecule has 0 atom stereocenters. The molecule has 0 bridgehead atoms. The summed E-state index contributed by atoms with van der Waals surface area (Å²) in [5, 5.41) is 7.37. The third-order valence-corrected chi connectivity index (χ3v) is 4.25. The second-order valence-electron chi connectivity index (χ2n) is 6.20. The summed E-state index contributed by atoms with van der Waals surface area (Å²) in [6.07, 6.45) is 0. The van der Waals surface area contributed by atoms with Gasteiger partial charge in [0.25, 0.3) is 5.91 Å². The minimum atomic E-state index is -0.312. The highest BCUT2D eigenvalue weighted by atomic mass is 19.1. The molecule has 3 rings (SSSR count). The topological polar surface area (TPSA) is 56.1 Å². The van der Waals surface area contributed by atoms with Crippen LogP contribution in [-0.2, 0) is 6.54 Å². The molecule has 0 saturated heterocycles. The van der Waals surface area contributed by atoms with E-state index in [0.29, 0.717) is 35.8 Å². The predicted octanol–water partition coefficient (Wildman–Crippen LogP) is 3.96. The summed E-state index contributed by atoms with van der Waals surface area (Å²) in [4.78, 5) is 12.7. The number of halogens is 1. The van der Waals surface area contributed by atoms with Crippen LogP contribution in [-0.4, -0.2) is 22.3 Å². The highest BCUT2D eigenvalue weighted by molar-refractivity contribution is 5.96. The fourth-order valence-corrected chi connectivity index (χ4v) is 2.99. The number of hydrogen-bond donors (Lipinski definition) is 1. The number of hydrogen-bond acceptors (Lipinski definition) is 3. The van der Waals surface area contributed by atoms with Gasteiger partial charge in [0, 0.05) is 6.54 Å². The summed E-state index contributed by atoms with van der Waals surface area (Å²) in [5.74, 6) is 0.272. The Labute approximate surface area is 157 Å². The van der Waals surface area contributed by atoms with Gasteiger partial charge in [-0.15, -0.1) is 0 Å². The molecule has 0 spiro atoms. The van der Waals surface area contributed by atoms with Gasteiger partial charge < -0.3 is 10.1 Å². The van der Waals surface area contributed by atoms with Crippen molar-refractivity contribution in [3.8, 4) is 11.4 Å². The van der Waals surface area contributed by atoms with Gasteiger partial charge in [-0.2, -0.15) is 5.10 Å². The molecule has 0 radical (unpaired) electrons. The maximum absolute atomic E-state index is 13.2. The smallest absolute Gasteiger partial charge is 0.255 e. The van der Waals surface area contributed by atoms with E-state index in [1.54, 1.807) is 23.7 Å². The average molecular weight is 367 g/mol. The zero-order valence-corrected chi connectivity index (χ0v) is 15.6. The molecule has 6 heteroatoms. The first-order chi connectivity index (χ1) is 13.0. The van der Waals surface area contributed by atoms with E-state index in [2.05, 4.69) is 10.4 Å². The standard InChI is InChI=1S/C21H22FN3O2/c1-4-27-19-7-5-6-16(12-19)13-23-21(26)20-14(2)24-25(15(20)3)18-10-8-17(22)9-11-18/h5-12H,4,13H2,1-3H3,(H,23,26). The lowest BCUT2D eigenvalue weighted by Crippen LogP contribution is -2.24. The monoisotopic (exact) mass is 367 g/mol. The van der Waals surface area contributed by atoms with Crippen molar-refractivity contribution in [1.29, 1.82) is 0 Å². The molecular weight excluding hydrogens is 345 g/mol. The van der Waals surface area contributed by atoms with Gasteiger partial charge in [-0.05, 0) is 62.7 Å². The molecule has 5 nitrogen and oxygen atoms in total. The zero-order valence-electron chi connectivity index (χ0n) is 15.6. The number of carbonyl (C=O) groups is 1. The van der Waals surface area contributed by atoms with E-state index < -0.39 is 0 Å². The number of nitrogens with one attached hydrogen (secondary N) is 1. The second-order valence-corrected chi connectivity index (χ2v) is 6.20. The summed E-state index contributed by atoms with van der Waals surface area (Å²) in [5.41, 5.74) is 3.52. The molecular formula is C21H22FN3O2. The van der Waals surface area contributed by atoms with Crippen molar-refractivity contribution in [3.63, 3.8) is 0 Å². The van der Waals surface area contributed by atoms with Gasteiger partial charge in [0.1, 0.15) is 11.6 Å². The van der Waals surface area contributed by atoms with Crippen molar-refractivity contribution in [2.24, 2.45) is 0 Å². The van der Waals surface area contributed by atoms with Gasteiger partial charge in [0.2, 0.25) is 0 Å². The van der Waals surface area contributed by atoms with E-state index in [9.17, 15) is 9.18 Å². The summed E-state index contributed by atoms with van der Waals surface area (Å²) in [6, 6.07) is 13.6. The molecule has 0 aliphatic heterocycles. The number of ether oxygens (including phenoxy) is 1. The Balaban J connectivity index is 1.77. The Morgan fingerprint density at radius 2 is 1.93 bits per heavy atom. The van der Waals surface area contributed by atoms with Crippen LogP contribution < -0.4 is 10.1 Å². The molecule has 0 saturated carbocycles. The molecule has 2 aromatic carbocycles. The molecule has 27 heavy (non-hydrogen) atoms. The van der Waals surface area contributed by atoms with Crippen LogP contribution in [0, 0.1) is 19.7 Å². The van der Waals surface area contributed by atoms with Crippen molar-refractivity contribution in [3.05, 3.63) is 76.9 Å². The molecule has 1 N–H and O–H groups in total. The molecule has 0 aliphatic carbocycles. The van der Waals surface area contributed by atoms with Crippen LogP contribution in [0.1, 0.15) is 34.2 Å². The van der Waals surface area contributed by atoms with E-state index in [1.165, 1.54) is 12.1 Å². The van der Waals surface area contributed by atoms with E-state index in [1.807, 2.05) is 38.1 Å². The maximum Gasteiger partial charge on any atom is 0.255 e. The summed E-state index contributed by atoms with van der Waals surface area (Å²) in [6.45, 7) is 6.53. The highest BCUT2D eigenvalue weighted by Gasteiger charge is 2.19. The Morgan fingerprint density at radius 3 is 2.63 bits per heavy atom. The highest BCUT2D eigenvalue weighted by Crippen LogP contribution is 2.19. The normalized spacial score (nSPS) is 10.7. The lowest BCUT2D eigenvalue weighted by atomic mass is 10.1. The number of amides is 1. The largest absolute Gasteiger partial charge is 0.494 e. The molecule has 3 aromatic rings. The lowest BCUT2D eigenvalue weighted by Gasteiger charge is -2.09. The number of nitrogens with zero attached hydrogens (tertiary/aromatic N) is 2. The lowest BCUT2D eigenvalue weighted by molar-refractivity contribution is 0.0949. The molecule has 0 fully saturated rings. The predicted molar refractivity (Wildman–Crippen MR) is 102 cm³/mol. The van der Waals surface area contributed by atoms with Crippen molar-refractivity contribution < 1.29 is 13.9 Å². The first-order valence-corrected chi connectivity index (χ1v) is 8.81. The average Bonchev–Trinajstić information content (AvgIpc) is 2.95. The molecule has 0 aliphatic rings. The molecule has 1 aromatic heterocycles. The fourth-order valence-electron chi connectivity index (χ4n) is 2.99. The van der Waals surface area contributed by atoms with Gasteiger partial charge in [-0.3, -0.25) is 4.79 Å². The molecule has 1 amide bonds. The van der Waals surface area contributed by atoms with Gasteiger partial charge in [-0.1, -0.05) is 12.1 Å². The van der Waals surface area contributed by atoms with Crippen molar-refractivity contribution in [2.45, 2.75) is 27.3 Å². The number of benzene rings is 2. The minimum Gasteiger partial charge on any atom is -0.494 e. The third-order valence-electron chi connectivity index (χ3n) is 4.25. The van der Waals surface area contributed by atoms with Crippen molar-refractivity contribution in [2.75, 3.05) is 6.61 Å². The zero-order chi connectivity index (χ0) is 19.4. The summed E-state index contributed by atoms with van der Waals surface area (Å²) >= 11 is 0. The first-order valence-electron chi connectivity index (χ1n) is 8.81. The number of aryl methyl sites for hydroxylation is 1. The van der Waals surface area contributed by atoms with Gasteiger partial charge in [0.15, 0.2) is 0 Å². The summed E-state index contributed by atoms with van der Waals surface area (Å²) < 4.78 is 20.3. The van der Waals surface area contributed by atoms with E-state index in [0.717, 1.165) is 11.3 Å². The quantitative estimate of drug-likeness (QED) is 0.718. The van der Waals surface area contributed by atoms with Crippen LogP contribution in [0.25, 0.3) is 5.69 Å². The van der Waals surface area contributed by atoms with Crippen LogP contribution >= 0.6 is 0 Å². The molecule has 1 heterocycles. The molecule has 140 valence electrons. The maximum atomic E-state index is 13.2. The fraction of sp³-hybridized carbons (Fsp3) is 0.238. The Hall–Kier alpha value is -3.15. The van der Waals surface area contributed by atoms with Crippen molar-refractivity contribution >= 4 is 5.91 Å². The van der Waals surface area contributed by atoms with Crippen LogP contribution in [0.5, 0.6) is 5.75 Å². The van der Waals surface area contributed by atoms with Gasteiger partial charge >= 0.3 is 0 Å². The van der Waals surface area contributed by atoms with Crippen LogP contribution in [0.15, 0.2) is 48.5 Å². The Bertz CT molecular complexity index is 949. The first kappa shape index (κ1) is 18.6. The van der Waals surface area contributed by atoms with E-state index >= 15 is 0 Å². The molecule has 0 unspecified atom stereocenters. The number of aromatic nitrogens is 2. The van der Waals surface area contributed by atoms with Crippen LogP contribution in [0.2, 0.25) is 0 Å². The Kier molecular flexibility index (Phi) is 5.54. The van der Waals surface area contributed by atoms with E-state index in [4.69, 9.17) is 4.74 Å². The minimum absolute atomic E-state index is 0.194. The Morgan fingerprint density at radius 1 is 1.19 bits per heavy atom. The van der Waals surface area contributed by atoms with Gasteiger partial charge in [-0.25, -0.2) is 9.07 Å². The van der Waals surface area contributed by atoms with Crippen molar-refractivity contribution in [1.82, 2.24) is 15.1 Å². The third kappa shape index (κ3) is 4.16. The summed E-state index contributed by atoms with van der Waals surface area (Å²) in [7, 11) is 0.